The number of hydrogen-bond acceptors (Lipinski definition) is 3. The van der Waals surface area contributed by atoms with Crippen LogP contribution in [0.2, 0.25) is 10.0 Å². The van der Waals surface area contributed by atoms with Crippen molar-refractivity contribution >= 4 is 46.6 Å². The van der Waals surface area contributed by atoms with Crippen LogP contribution in [0.3, 0.4) is 0 Å². The normalized spacial score (nSPS) is 19.3. The van der Waals surface area contributed by atoms with Crippen molar-refractivity contribution in [3.05, 3.63) is 22.2 Å². The number of phenolic OH excluding ortho intramolecular Hbond substituents is 1. The molecule has 2 rings (SSSR count). The number of carbonyl (C=O) groups is 1. The van der Waals surface area contributed by atoms with E-state index in [1.54, 1.807) is 11.8 Å². The number of carbonyl (C=O) groups excluding carboxylic acids is 1. The third-order valence-electron chi connectivity index (χ3n) is 2.59. The number of benzene rings is 1. The fourth-order valence-corrected chi connectivity index (χ4v) is 3.35. The first-order valence-electron chi connectivity index (χ1n) is 5.14. The van der Waals surface area contributed by atoms with Crippen molar-refractivity contribution in [2.45, 2.75) is 6.42 Å². The number of phenols is 1. The van der Waals surface area contributed by atoms with E-state index in [9.17, 15) is 9.90 Å². The lowest BCUT2D eigenvalue weighted by Crippen LogP contribution is -2.22. The van der Waals surface area contributed by atoms with E-state index in [0.717, 1.165) is 17.9 Å². The molecule has 6 heteroatoms. The Kier molecular flexibility index (Phi) is 4.07. The number of thioether (sulfide) groups is 1. The predicted molar refractivity (Wildman–Crippen MR) is 72.2 cm³/mol. The molecule has 0 aliphatic carbocycles. The van der Waals surface area contributed by atoms with E-state index in [1.807, 2.05) is 0 Å². The number of aromatic hydroxyl groups is 1. The Bertz CT molecular complexity index is 447. The second kappa shape index (κ2) is 5.38. The molecular weight excluding hydrogens is 281 g/mol. The highest BCUT2D eigenvalue weighted by molar-refractivity contribution is 7.99. The van der Waals surface area contributed by atoms with Gasteiger partial charge in [-0.25, -0.2) is 0 Å². The average molecular weight is 292 g/mol. The van der Waals surface area contributed by atoms with Crippen LogP contribution in [-0.2, 0) is 4.79 Å². The Morgan fingerprint density at radius 1 is 1.47 bits per heavy atom. The molecule has 1 aromatic carbocycles. The van der Waals surface area contributed by atoms with Crippen molar-refractivity contribution in [1.82, 2.24) is 0 Å². The summed E-state index contributed by atoms with van der Waals surface area (Å²) in [5, 5.41) is 12.9. The third kappa shape index (κ3) is 3.00. The lowest BCUT2D eigenvalue weighted by molar-refractivity contribution is -0.119. The molecule has 1 amide bonds. The predicted octanol–water partition coefficient (Wildman–Crippen LogP) is 3.39. The van der Waals surface area contributed by atoms with Gasteiger partial charge in [0.05, 0.1) is 10.7 Å². The van der Waals surface area contributed by atoms with E-state index >= 15 is 0 Å². The van der Waals surface area contributed by atoms with Gasteiger partial charge in [-0.3, -0.25) is 4.79 Å². The van der Waals surface area contributed by atoms with Crippen LogP contribution in [0.4, 0.5) is 5.69 Å². The topological polar surface area (TPSA) is 49.3 Å². The van der Waals surface area contributed by atoms with E-state index in [4.69, 9.17) is 23.2 Å². The fraction of sp³-hybridized carbons (Fsp3) is 0.364. The average Bonchev–Trinajstić information content (AvgIpc) is 2.78. The lowest BCUT2D eigenvalue weighted by atomic mass is 10.1. The molecule has 1 aromatic rings. The Balaban J connectivity index is 2.15. The summed E-state index contributed by atoms with van der Waals surface area (Å²) in [7, 11) is 0. The molecule has 92 valence electrons. The van der Waals surface area contributed by atoms with Gasteiger partial charge in [-0.15, -0.1) is 0 Å². The van der Waals surface area contributed by atoms with E-state index in [2.05, 4.69) is 5.32 Å². The van der Waals surface area contributed by atoms with Crippen molar-refractivity contribution in [1.29, 1.82) is 0 Å². The SMILES string of the molecule is O=C(Nc1cc(Cl)cc(Cl)c1O)C1CCSC1. The standard InChI is InChI=1S/C11H11Cl2NO2S/c12-7-3-8(13)10(15)9(4-7)14-11(16)6-1-2-17-5-6/h3-4,6,15H,1-2,5H2,(H,14,16). The van der Waals surface area contributed by atoms with Gasteiger partial charge >= 0.3 is 0 Å². The van der Waals surface area contributed by atoms with Gasteiger partial charge < -0.3 is 10.4 Å². The summed E-state index contributed by atoms with van der Waals surface area (Å²) in [5.41, 5.74) is 0.268. The Labute approximate surface area is 113 Å². The van der Waals surface area contributed by atoms with Crippen LogP contribution in [0.15, 0.2) is 12.1 Å². The first-order chi connectivity index (χ1) is 8.08. The Morgan fingerprint density at radius 3 is 2.88 bits per heavy atom. The summed E-state index contributed by atoms with van der Waals surface area (Å²) < 4.78 is 0. The number of rotatable bonds is 2. The molecule has 1 heterocycles. The third-order valence-corrected chi connectivity index (χ3v) is 4.26. The van der Waals surface area contributed by atoms with Gasteiger partial charge in [0.15, 0.2) is 5.75 Å². The van der Waals surface area contributed by atoms with E-state index < -0.39 is 0 Å². The summed E-state index contributed by atoms with van der Waals surface area (Å²) in [4.78, 5) is 11.9. The van der Waals surface area contributed by atoms with Gasteiger partial charge in [-0.2, -0.15) is 11.8 Å². The molecule has 3 nitrogen and oxygen atoms in total. The maximum Gasteiger partial charge on any atom is 0.228 e. The number of anilines is 1. The summed E-state index contributed by atoms with van der Waals surface area (Å²) in [6.07, 6.45) is 0.867. The van der Waals surface area contributed by atoms with Crippen LogP contribution in [0.25, 0.3) is 0 Å². The smallest absolute Gasteiger partial charge is 0.228 e. The van der Waals surface area contributed by atoms with Gasteiger partial charge in [0, 0.05) is 16.7 Å². The van der Waals surface area contributed by atoms with E-state index in [-0.39, 0.29) is 28.3 Å². The maximum atomic E-state index is 11.9. The Hall–Kier alpha value is -0.580. The van der Waals surface area contributed by atoms with Crippen molar-refractivity contribution in [3.63, 3.8) is 0 Å². The van der Waals surface area contributed by atoms with Gasteiger partial charge in [-0.1, -0.05) is 23.2 Å². The highest BCUT2D eigenvalue weighted by Gasteiger charge is 2.24. The molecule has 2 N–H and O–H groups in total. The second-order valence-corrected chi connectivity index (χ2v) is 5.83. The first-order valence-corrected chi connectivity index (χ1v) is 7.05. The van der Waals surface area contributed by atoms with Crippen molar-refractivity contribution in [3.8, 4) is 5.75 Å². The summed E-state index contributed by atoms with van der Waals surface area (Å²) in [6, 6.07) is 2.92. The van der Waals surface area contributed by atoms with Gasteiger partial charge in [0.2, 0.25) is 5.91 Å². The minimum atomic E-state index is -0.143. The van der Waals surface area contributed by atoms with Crippen LogP contribution in [-0.4, -0.2) is 22.5 Å². The zero-order valence-corrected chi connectivity index (χ0v) is 11.2. The van der Waals surface area contributed by atoms with Gasteiger partial charge in [0.1, 0.15) is 0 Å². The summed E-state index contributed by atoms with van der Waals surface area (Å²) in [5.74, 6) is 1.58. The van der Waals surface area contributed by atoms with E-state index in [0.29, 0.717) is 5.02 Å². The zero-order valence-electron chi connectivity index (χ0n) is 8.87. The highest BCUT2D eigenvalue weighted by atomic mass is 35.5. The van der Waals surface area contributed by atoms with Crippen LogP contribution >= 0.6 is 35.0 Å². The van der Waals surface area contributed by atoms with Crippen LogP contribution in [0.5, 0.6) is 5.75 Å². The highest BCUT2D eigenvalue weighted by Crippen LogP contribution is 2.35. The quantitative estimate of drug-likeness (QED) is 0.821. The van der Waals surface area contributed by atoms with Crippen molar-refractivity contribution in [2.24, 2.45) is 5.92 Å². The Morgan fingerprint density at radius 2 is 2.24 bits per heavy atom. The molecular formula is C11H11Cl2NO2S. The largest absolute Gasteiger partial charge is 0.504 e. The number of halogens is 2. The molecule has 1 saturated heterocycles. The zero-order chi connectivity index (χ0) is 12.4. The summed E-state index contributed by atoms with van der Waals surface area (Å²) in [6.45, 7) is 0. The molecule has 0 aromatic heterocycles. The summed E-state index contributed by atoms with van der Waals surface area (Å²) >= 11 is 13.3. The van der Waals surface area contributed by atoms with Crippen LogP contribution in [0.1, 0.15) is 6.42 Å². The second-order valence-electron chi connectivity index (χ2n) is 3.83. The molecule has 17 heavy (non-hydrogen) atoms. The minimum Gasteiger partial charge on any atom is -0.504 e. The van der Waals surface area contributed by atoms with Crippen molar-refractivity contribution in [2.75, 3.05) is 16.8 Å². The molecule has 1 atom stereocenters. The molecule has 1 fully saturated rings. The molecule has 0 bridgehead atoms. The van der Waals surface area contributed by atoms with Crippen molar-refractivity contribution < 1.29 is 9.90 Å². The molecule has 0 saturated carbocycles. The van der Waals surface area contributed by atoms with Crippen LogP contribution in [0, 0.1) is 5.92 Å². The van der Waals surface area contributed by atoms with E-state index in [1.165, 1.54) is 12.1 Å². The number of hydrogen-bond donors (Lipinski definition) is 2. The molecule has 1 aliphatic heterocycles. The lowest BCUT2D eigenvalue weighted by Gasteiger charge is -2.12. The molecule has 0 spiro atoms. The molecule has 1 aliphatic rings. The molecule has 1 unspecified atom stereocenters. The van der Waals surface area contributed by atoms with Gasteiger partial charge in [-0.05, 0) is 24.3 Å². The number of nitrogens with one attached hydrogen (secondary N) is 1. The number of amides is 1. The first kappa shape index (κ1) is 12.9. The van der Waals surface area contributed by atoms with Crippen LogP contribution < -0.4 is 5.32 Å². The fourth-order valence-electron chi connectivity index (χ4n) is 1.64. The molecule has 0 radical (unpaired) electrons. The minimum absolute atomic E-state index is 0.00263. The van der Waals surface area contributed by atoms with Gasteiger partial charge in [0.25, 0.3) is 0 Å². The maximum absolute atomic E-state index is 11.9. The monoisotopic (exact) mass is 291 g/mol.